The van der Waals surface area contributed by atoms with Gasteiger partial charge in [-0.2, -0.15) is 0 Å². The van der Waals surface area contributed by atoms with Crippen LogP contribution < -0.4 is 5.32 Å². The molecule has 2 aromatic rings. The summed E-state index contributed by atoms with van der Waals surface area (Å²) in [6.07, 6.45) is 14.5. The molecule has 0 bridgehead atoms. The van der Waals surface area contributed by atoms with E-state index in [1.807, 2.05) is 18.7 Å². The number of hydrogen-bond acceptors (Lipinski definition) is 3. The zero-order chi connectivity index (χ0) is 13.8. The van der Waals surface area contributed by atoms with Crippen LogP contribution in [-0.2, 0) is 6.54 Å². The van der Waals surface area contributed by atoms with Crippen LogP contribution >= 0.6 is 0 Å². The van der Waals surface area contributed by atoms with Crippen LogP contribution in [0.3, 0.4) is 0 Å². The third kappa shape index (κ3) is 3.03. The normalized spacial score (nSPS) is 16.4. The number of imidazole rings is 2. The molecule has 0 unspecified atom stereocenters. The summed E-state index contributed by atoms with van der Waals surface area (Å²) < 4.78 is 4.43. The highest BCUT2D eigenvalue weighted by Crippen LogP contribution is 2.30. The molecule has 0 radical (unpaired) electrons. The summed E-state index contributed by atoms with van der Waals surface area (Å²) in [5, 5.41) is 3.47. The maximum atomic E-state index is 4.63. The van der Waals surface area contributed by atoms with Crippen LogP contribution in [0, 0.1) is 6.92 Å². The van der Waals surface area contributed by atoms with Gasteiger partial charge in [-0.05, 0) is 19.8 Å². The van der Waals surface area contributed by atoms with Gasteiger partial charge in [-0.15, -0.1) is 0 Å². The Hall–Kier alpha value is -1.78. The number of rotatable bonds is 5. The lowest BCUT2D eigenvalue weighted by atomic mass is 9.95. The molecule has 2 heterocycles. The molecule has 1 fully saturated rings. The number of hydrogen-bond donors (Lipinski definition) is 1. The molecule has 20 heavy (non-hydrogen) atoms. The average molecular weight is 273 g/mol. The highest BCUT2D eigenvalue weighted by atomic mass is 15.2. The first-order valence-corrected chi connectivity index (χ1v) is 7.58. The van der Waals surface area contributed by atoms with Gasteiger partial charge >= 0.3 is 0 Å². The minimum absolute atomic E-state index is 0.626. The van der Waals surface area contributed by atoms with Crippen molar-refractivity contribution < 1.29 is 0 Å². The molecule has 0 atom stereocenters. The van der Waals surface area contributed by atoms with Crippen molar-refractivity contribution in [3.63, 3.8) is 0 Å². The number of nitrogens with zero attached hydrogens (tertiary/aromatic N) is 4. The topological polar surface area (TPSA) is 47.7 Å². The molecule has 0 aliphatic heterocycles. The number of anilines is 1. The SMILES string of the molecule is Cc1cn(C2CCCCC2)c(NCCn2ccnc2)n1. The van der Waals surface area contributed by atoms with Crippen LogP contribution in [0.25, 0.3) is 0 Å². The Bertz CT molecular complexity index is 522. The minimum Gasteiger partial charge on any atom is -0.354 e. The summed E-state index contributed by atoms with van der Waals surface area (Å²) in [5.74, 6) is 1.02. The van der Waals surface area contributed by atoms with Gasteiger partial charge < -0.3 is 14.5 Å². The van der Waals surface area contributed by atoms with E-state index in [0.717, 1.165) is 24.7 Å². The summed E-state index contributed by atoms with van der Waals surface area (Å²) in [6, 6.07) is 0.626. The smallest absolute Gasteiger partial charge is 0.203 e. The van der Waals surface area contributed by atoms with Crippen molar-refractivity contribution in [2.45, 2.75) is 51.6 Å². The fourth-order valence-corrected chi connectivity index (χ4v) is 3.00. The molecule has 0 amide bonds. The van der Waals surface area contributed by atoms with E-state index >= 15 is 0 Å². The molecule has 3 rings (SSSR count). The molecule has 2 aromatic heterocycles. The van der Waals surface area contributed by atoms with E-state index < -0.39 is 0 Å². The van der Waals surface area contributed by atoms with Crippen LogP contribution in [-0.4, -0.2) is 25.6 Å². The molecule has 1 N–H and O–H groups in total. The number of aryl methyl sites for hydroxylation is 1. The summed E-state index contributed by atoms with van der Waals surface area (Å²) in [4.78, 5) is 8.69. The lowest BCUT2D eigenvalue weighted by molar-refractivity contribution is 0.355. The molecule has 1 aliphatic carbocycles. The van der Waals surface area contributed by atoms with Gasteiger partial charge in [-0.3, -0.25) is 0 Å². The summed E-state index contributed by atoms with van der Waals surface area (Å²) in [6.45, 7) is 3.86. The Morgan fingerprint density at radius 1 is 1.30 bits per heavy atom. The van der Waals surface area contributed by atoms with Gasteiger partial charge in [0.25, 0.3) is 0 Å². The second-order valence-electron chi connectivity index (χ2n) is 5.63. The van der Waals surface area contributed by atoms with Crippen molar-refractivity contribution in [3.05, 3.63) is 30.6 Å². The van der Waals surface area contributed by atoms with Gasteiger partial charge in [0.2, 0.25) is 5.95 Å². The van der Waals surface area contributed by atoms with E-state index in [1.165, 1.54) is 32.1 Å². The van der Waals surface area contributed by atoms with Gasteiger partial charge in [0.1, 0.15) is 0 Å². The molecule has 1 saturated carbocycles. The van der Waals surface area contributed by atoms with Crippen molar-refractivity contribution in [2.75, 3.05) is 11.9 Å². The van der Waals surface area contributed by atoms with E-state index in [4.69, 9.17) is 0 Å². The van der Waals surface area contributed by atoms with Crippen LogP contribution in [0.5, 0.6) is 0 Å². The Labute approximate surface area is 120 Å². The molecule has 0 saturated heterocycles. The molecule has 5 heteroatoms. The van der Waals surface area contributed by atoms with Crippen molar-refractivity contribution in [2.24, 2.45) is 0 Å². The van der Waals surface area contributed by atoms with Crippen LogP contribution in [0.1, 0.15) is 43.8 Å². The zero-order valence-electron chi connectivity index (χ0n) is 12.1. The van der Waals surface area contributed by atoms with Crippen LogP contribution in [0.2, 0.25) is 0 Å². The third-order valence-electron chi connectivity index (χ3n) is 4.03. The molecular formula is C15H23N5. The lowest BCUT2D eigenvalue weighted by Crippen LogP contribution is -2.17. The van der Waals surface area contributed by atoms with E-state index in [0.29, 0.717) is 6.04 Å². The molecule has 5 nitrogen and oxygen atoms in total. The lowest BCUT2D eigenvalue weighted by Gasteiger charge is -2.24. The second-order valence-corrected chi connectivity index (χ2v) is 5.63. The Morgan fingerprint density at radius 3 is 2.90 bits per heavy atom. The highest BCUT2D eigenvalue weighted by Gasteiger charge is 2.18. The van der Waals surface area contributed by atoms with Crippen molar-refractivity contribution in [1.29, 1.82) is 0 Å². The number of nitrogens with one attached hydrogen (secondary N) is 1. The average Bonchev–Trinajstić information content (AvgIpc) is 3.10. The number of aromatic nitrogens is 4. The molecule has 1 aliphatic rings. The van der Waals surface area contributed by atoms with E-state index in [1.54, 1.807) is 0 Å². The highest BCUT2D eigenvalue weighted by molar-refractivity contribution is 5.29. The second kappa shape index (κ2) is 6.11. The van der Waals surface area contributed by atoms with E-state index in [-0.39, 0.29) is 0 Å². The van der Waals surface area contributed by atoms with Gasteiger partial charge in [0.05, 0.1) is 12.0 Å². The first-order valence-electron chi connectivity index (χ1n) is 7.58. The third-order valence-corrected chi connectivity index (χ3v) is 4.03. The van der Waals surface area contributed by atoms with Crippen LogP contribution in [0.15, 0.2) is 24.9 Å². The minimum atomic E-state index is 0.626. The molecule has 108 valence electrons. The summed E-state index contributed by atoms with van der Waals surface area (Å²) in [5.41, 5.74) is 1.10. The van der Waals surface area contributed by atoms with Crippen molar-refractivity contribution in [3.8, 4) is 0 Å². The van der Waals surface area contributed by atoms with Gasteiger partial charge in [-0.25, -0.2) is 9.97 Å². The fraction of sp³-hybridized carbons (Fsp3) is 0.600. The summed E-state index contributed by atoms with van der Waals surface area (Å²) in [7, 11) is 0. The van der Waals surface area contributed by atoms with Crippen molar-refractivity contribution in [1.82, 2.24) is 19.1 Å². The Morgan fingerprint density at radius 2 is 2.15 bits per heavy atom. The maximum absolute atomic E-state index is 4.63. The molecular weight excluding hydrogens is 250 g/mol. The maximum Gasteiger partial charge on any atom is 0.203 e. The monoisotopic (exact) mass is 273 g/mol. The first kappa shape index (κ1) is 13.2. The largest absolute Gasteiger partial charge is 0.354 e. The molecule has 0 spiro atoms. The van der Waals surface area contributed by atoms with E-state index in [2.05, 4.69) is 37.5 Å². The Kier molecular flexibility index (Phi) is 4.04. The van der Waals surface area contributed by atoms with E-state index in [9.17, 15) is 0 Å². The fourth-order valence-electron chi connectivity index (χ4n) is 3.00. The van der Waals surface area contributed by atoms with Gasteiger partial charge in [0, 0.05) is 37.7 Å². The predicted molar refractivity (Wildman–Crippen MR) is 79.8 cm³/mol. The summed E-state index contributed by atoms with van der Waals surface area (Å²) >= 11 is 0. The quantitative estimate of drug-likeness (QED) is 0.911. The zero-order valence-corrected chi connectivity index (χ0v) is 12.1. The van der Waals surface area contributed by atoms with Gasteiger partial charge in [0.15, 0.2) is 0 Å². The predicted octanol–water partition coefficient (Wildman–Crippen LogP) is 3.01. The Balaban J connectivity index is 1.63. The van der Waals surface area contributed by atoms with Crippen LogP contribution in [0.4, 0.5) is 5.95 Å². The first-order chi connectivity index (χ1) is 9.83. The standard InChI is InChI=1S/C15H23N5/c1-13-11-20(14-5-3-2-4-6-14)15(18-13)17-8-10-19-9-7-16-12-19/h7,9,11-12,14H,2-6,8,10H2,1H3,(H,17,18). The molecule has 0 aromatic carbocycles. The van der Waals surface area contributed by atoms with Gasteiger partial charge in [-0.1, -0.05) is 19.3 Å². The van der Waals surface area contributed by atoms with Crippen molar-refractivity contribution >= 4 is 5.95 Å².